The largest absolute Gasteiger partial charge is 0.398 e. The van der Waals surface area contributed by atoms with Crippen molar-refractivity contribution in [2.45, 2.75) is 11.8 Å². The second-order valence-electron chi connectivity index (χ2n) is 4.10. The fourth-order valence-corrected chi connectivity index (χ4v) is 4.55. The van der Waals surface area contributed by atoms with Crippen LogP contribution in [0.4, 0.5) is 5.69 Å². The van der Waals surface area contributed by atoms with E-state index in [2.05, 4.69) is 36.6 Å². The molecule has 0 saturated heterocycles. The number of hydrogen-bond donors (Lipinski definition) is 2. The molecule has 19 heavy (non-hydrogen) atoms. The van der Waals surface area contributed by atoms with Crippen LogP contribution in [-0.2, 0) is 10.0 Å². The molecule has 0 heterocycles. The molecule has 108 valence electrons. The monoisotopic (exact) mass is 413 g/mol. The summed E-state index contributed by atoms with van der Waals surface area (Å²) in [5, 5.41) is 0. The van der Waals surface area contributed by atoms with E-state index in [0.717, 1.165) is 11.0 Å². The van der Waals surface area contributed by atoms with E-state index < -0.39 is 10.0 Å². The smallest absolute Gasteiger partial charge is 0.243 e. The number of nitrogens with zero attached hydrogens (tertiary/aromatic N) is 1. The summed E-state index contributed by atoms with van der Waals surface area (Å²) >= 11 is 6.49. The maximum atomic E-state index is 12.2. The van der Waals surface area contributed by atoms with Crippen LogP contribution >= 0.6 is 31.9 Å². The van der Waals surface area contributed by atoms with Crippen molar-refractivity contribution in [2.75, 3.05) is 32.4 Å². The standard InChI is InChI=1S/C11H17Br2N3O2S/c1-3-16(2)5-4-15-19(17,18)11-9(13)6-8(12)7-10(11)14/h6-7,15H,3-5,14H2,1-2H3. The normalized spacial score (nSPS) is 12.1. The van der Waals surface area contributed by atoms with Crippen molar-refractivity contribution >= 4 is 47.6 Å². The molecular formula is C11H17Br2N3O2S. The van der Waals surface area contributed by atoms with Crippen LogP contribution in [0.2, 0.25) is 0 Å². The van der Waals surface area contributed by atoms with E-state index in [0.29, 0.717) is 17.6 Å². The molecule has 0 amide bonds. The number of rotatable bonds is 6. The molecule has 1 aromatic rings. The fourth-order valence-electron chi connectivity index (χ4n) is 1.46. The van der Waals surface area contributed by atoms with Gasteiger partial charge in [-0.1, -0.05) is 22.9 Å². The Balaban J connectivity index is 2.89. The topological polar surface area (TPSA) is 75.4 Å². The number of nitrogen functional groups attached to an aromatic ring is 1. The van der Waals surface area contributed by atoms with Crippen molar-refractivity contribution in [2.24, 2.45) is 0 Å². The fraction of sp³-hybridized carbons (Fsp3) is 0.455. The van der Waals surface area contributed by atoms with Gasteiger partial charge in [0.1, 0.15) is 4.90 Å². The molecule has 8 heteroatoms. The van der Waals surface area contributed by atoms with Crippen LogP contribution in [0.15, 0.2) is 26.0 Å². The predicted molar refractivity (Wildman–Crippen MR) is 84.6 cm³/mol. The van der Waals surface area contributed by atoms with Crippen molar-refractivity contribution < 1.29 is 8.42 Å². The summed E-state index contributed by atoms with van der Waals surface area (Å²) in [5.41, 5.74) is 5.98. The highest BCUT2D eigenvalue weighted by Crippen LogP contribution is 2.31. The van der Waals surface area contributed by atoms with E-state index in [1.165, 1.54) is 0 Å². The molecule has 0 aliphatic carbocycles. The third kappa shape index (κ3) is 4.71. The summed E-state index contributed by atoms with van der Waals surface area (Å²) in [5.74, 6) is 0. The number of halogens is 2. The maximum absolute atomic E-state index is 12.2. The van der Waals surface area contributed by atoms with Gasteiger partial charge in [0.2, 0.25) is 10.0 Å². The van der Waals surface area contributed by atoms with Crippen molar-refractivity contribution in [1.29, 1.82) is 0 Å². The Bertz CT molecular complexity index is 526. The molecule has 1 aromatic carbocycles. The van der Waals surface area contributed by atoms with E-state index in [-0.39, 0.29) is 10.6 Å². The lowest BCUT2D eigenvalue weighted by atomic mass is 10.3. The molecular weight excluding hydrogens is 398 g/mol. The molecule has 0 aliphatic heterocycles. The van der Waals surface area contributed by atoms with E-state index >= 15 is 0 Å². The van der Waals surface area contributed by atoms with E-state index in [1.54, 1.807) is 12.1 Å². The highest BCUT2D eigenvalue weighted by Gasteiger charge is 2.21. The first-order valence-corrected chi connectivity index (χ1v) is 8.77. The molecule has 0 unspecified atom stereocenters. The molecule has 0 fully saturated rings. The van der Waals surface area contributed by atoms with Crippen LogP contribution < -0.4 is 10.5 Å². The predicted octanol–water partition coefficient (Wildman–Crippen LogP) is 2.02. The summed E-state index contributed by atoms with van der Waals surface area (Å²) in [4.78, 5) is 2.09. The van der Waals surface area contributed by atoms with Crippen LogP contribution in [0, 0.1) is 0 Å². The minimum Gasteiger partial charge on any atom is -0.398 e. The molecule has 1 rings (SSSR count). The van der Waals surface area contributed by atoms with Crippen LogP contribution in [0.3, 0.4) is 0 Å². The Morgan fingerprint density at radius 2 is 2.00 bits per heavy atom. The van der Waals surface area contributed by atoms with Gasteiger partial charge in [-0.05, 0) is 41.7 Å². The van der Waals surface area contributed by atoms with Gasteiger partial charge >= 0.3 is 0 Å². The first kappa shape index (κ1) is 16.9. The lowest BCUT2D eigenvalue weighted by Gasteiger charge is -2.15. The Morgan fingerprint density at radius 3 is 2.53 bits per heavy atom. The maximum Gasteiger partial charge on any atom is 0.243 e. The van der Waals surface area contributed by atoms with E-state index in [9.17, 15) is 8.42 Å². The number of sulfonamides is 1. The number of nitrogens with one attached hydrogen (secondary N) is 1. The summed E-state index contributed by atoms with van der Waals surface area (Å²) < 4.78 is 28.1. The van der Waals surface area contributed by atoms with E-state index in [4.69, 9.17) is 5.73 Å². The third-order valence-electron chi connectivity index (χ3n) is 2.63. The Hall–Kier alpha value is -0.150. The Kier molecular flexibility index (Phi) is 6.25. The van der Waals surface area contributed by atoms with Gasteiger partial charge < -0.3 is 10.6 Å². The van der Waals surface area contributed by atoms with Gasteiger partial charge in [-0.3, -0.25) is 0 Å². The molecule has 0 saturated carbocycles. The molecule has 0 spiro atoms. The molecule has 0 bridgehead atoms. The minimum absolute atomic E-state index is 0.0786. The third-order valence-corrected chi connectivity index (χ3v) is 5.55. The summed E-state index contributed by atoms with van der Waals surface area (Å²) in [6, 6.07) is 3.22. The van der Waals surface area contributed by atoms with Gasteiger partial charge in [-0.15, -0.1) is 0 Å². The average Bonchev–Trinajstić information content (AvgIpc) is 2.26. The van der Waals surface area contributed by atoms with Crippen molar-refractivity contribution in [3.8, 4) is 0 Å². The first-order chi connectivity index (χ1) is 8.77. The van der Waals surface area contributed by atoms with Crippen molar-refractivity contribution in [3.05, 3.63) is 21.1 Å². The molecule has 5 nitrogen and oxygen atoms in total. The van der Waals surface area contributed by atoms with Crippen molar-refractivity contribution in [3.63, 3.8) is 0 Å². The van der Waals surface area contributed by atoms with Crippen LogP contribution in [0.1, 0.15) is 6.92 Å². The van der Waals surface area contributed by atoms with E-state index in [1.807, 2.05) is 18.9 Å². The highest BCUT2D eigenvalue weighted by atomic mass is 79.9. The van der Waals surface area contributed by atoms with Gasteiger partial charge in [-0.25, -0.2) is 13.1 Å². The van der Waals surface area contributed by atoms with Gasteiger partial charge in [0.25, 0.3) is 0 Å². The van der Waals surface area contributed by atoms with Crippen LogP contribution in [-0.4, -0.2) is 40.0 Å². The molecule has 3 N–H and O–H groups in total. The number of likely N-dealkylation sites (N-methyl/N-ethyl adjacent to an activating group) is 1. The van der Waals surface area contributed by atoms with Gasteiger partial charge in [-0.2, -0.15) is 0 Å². The molecule has 0 aliphatic rings. The number of benzene rings is 1. The summed E-state index contributed by atoms with van der Waals surface area (Å²) in [7, 11) is -1.68. The summed E-state index contributed by atoms with van der Waals surface area (Å²) in [6.07, 6.45) is 0. The lowest BCUT2D eigenvalue weighted by Crippen LogP contribution is -2.33. The molecule has 0 atom stereocenters. The zero-order chi connectivity index (χ0) is 14.6. The van der Waals surface area contributed by atoms with Gasteiger partial charge in [0.05, 0.1) is 5.69 Å². The van der Waals surface area contributed by atoms with Crippen molar-refractivity contribution in [1.82, 2.24) is 9.62 Å². The number of nitrogens with two attached hydrogens (primary N) is 1. The second kappa shape index (κ2) is 7.03. The second-order valence-corrected chi connectivity index (χ2v) is 7.57. The average molecular weight is 415 g/mol. The Morgan fingerprint density at radius 1 is 1.37 bits per heavy atom. The van der Waals surface area contributed by atoms with Crippen LogP contribution in [0.25, 0.3) is 0 Å². The zero-order valence-electron chi connectivity index (χ0n) is 10.8. The highest BCUT2D eigenvalue weighted by molar-refractivity contribution is 9.11. The van der Waals surface area contributed by atoms with Gasteiger partial charge in [0, 0.05) is 22.0 Å². The SMILES string of the molecule is CCN(C)CCNS(=O)(=O)c1c(N)cc(Br)cc1Br. The minimum atomic E-state index is -3.61. The van der Waals surface area contributed by atoms with Crippen LogP contribution in [0.5, 0.6) is 0 Å². The Labute approximate surface area is 130 Å². The quantitative estimate of drug-likeness (QED) is 0.698. The number of hydrogen-bond acceptors (Lipinski definition) is 4. The number of anilines is 1. The van der Waals surface area contributed by atoms with Gasteiger partial charge in [0.15, 0.2) is 0 Å². The zero-order valence-corrected chi connectivity index (χ0v) is 14.8. The molecule has 0 aromatic heterocycles. The summed E-state index contributed by atoms with van der Waals surface area (Å²) in [6.45, 7) is 3.86. The first-order valence-electron chi connectivity index (χ1n) is 5.70. The molecule has 0 radical (unpaired) electrons. The lowest BCUT2D eigenvalue weighted by molar-refractivity contribution is 0.358.